The van der Waals surface area contributed by atoms with Crippen LogP contribution >= 0.6 is 24.0 Å². The summed E-state index contributed by atoms with van der Waals surface area (Å²) in [5, 5.41) is 6.73. The minimum atomic E-state index is 0. The van der Waals surface area contributed by atoms with Gasteiger partial charge in [0.2, 0.25) is 0 Å². The fourth-order valence-corrected chi connectivity index (χ4v) is 3.03. The fraction of sp³-hybridized carbons (Fsp3) is 0.684. The number of ether oxygens (including phenoxy) is 1. The first-order valence-corrected chi connectivity index (χ1v) is 9.11. The lowest BCUT2D eigenvalue weighted by molar-refractivity contribution is 0.0205. The van der Waals surface area contributed by atoms with Gasteiger partial charge in [0.25, 0.3) is 0 Å². The van der Waals surface area contributed by atoms with Crippen LogP contribution in [0.4, 0.5) is 5.82 Å². The molecule has 26 heavy (non-hydrogen) atoms. The molecule has 0 radical (unpaired) electrons. The standard InChI is InChI=1S/C19H33N5O.HI/c1-19(2,3)16(25-5)14-23-18(20-4)22-13-15-8-9-21-17(12-15)24-10-6-7-11-24;/h8-9,12,16H,6-7,10-11,13-14H2,1-5H3,(H2,20,22,23);1H. The summed E-state index contributed by atoms with van der Waals surface area (Å²) in [5.41, 5.74) is 1.29. The van der Waals surface area contributed by atoms with E-state index in [9.17, 15) is 0 Å². The summed E-state index contributed by atoms with van der Waals surface area (Å²) >= 11 is 0. The van der Waals surface area contributed by atoms with Crippen LogP contribution in [0.25, 0.3) is 0 Å². The van der Waals surface area contributed by atoms with Crippen molar-refractivity contribution in [2.45, 2.75) is 46.3 Å². The van der Waals surface area contributed by atoms with Crippen LogP contribution in [0.3, 0.4) is 0 Å². The Hall–Kier alpha value is -1.09. The first kappa shape index (κ1) is 23.0. The van der Waals surface area contributed by atoms with Gasteiger partial charge in [0, 0.05) is 46.5 Å². The number of pyridine rings is 1. The molecular weight excluding hydrogens is 441 g/mol. The molecule has 1 fully saturated rings. The average Bonchev–Trinajstić information content (AvgIpc) is 3.12. The summed E-state index contributed by atoms with van der Waals surface area (Å²) < 4.78 is 5.59. The Morgan fingerprint density at radius 1 is 1.31 bits per heavy atom. The molecule has 1 aliphatic heterocycles. The van der Waals surface area contributed by atoms with E-state index in [0.29, 0.717) is 0 Å². The molecule has 2 rings (SSSR count). The second kappa shape index (κ2) is 10.9. The molecule has 0 aromatic carbocycles. The smallest absolute Gasteiger partial charge is 0.191 e. The molecule has 0 amide bonds. The van der Waals surface area contributed by atoms with Gasteiger partial charge in [-0.05, 0) is 36.0 Å². The molecule has 6 nitrogen and oxygen atoms in total. The first-order valence-electron chi connectivity index (χ1n) is 9.11. The van der Waals surface area contributed by atoms with Crippen LogP contribution in [0.2, 0.25) is 0 Å². The lowest BCUT2D eigenvalue weighted by Gasteiger charge is -2.30. The number of hydrogen-bond acceptors (Lipinski definition) is 4. The Kier molecular flexibility index (Phi) is 9.63. The lowest BCUT2D eigenvalue weighted by Crippen LogP contribution is -2.45. The van der Waals surface area contributed by atoms with E-state index < -0.39 is 0 Å². The Bertz CT molecular complexity index is 567. The Morgan fingerprint density at radius 3 is 2.58 bits per heavy atom. The van der Waals surface area contributed by atoms with Crippen LogP contribution in [-0.4, -0.2) is 50.8 Å². The molecule has 1 saturated heterocycles. The zero-order chi connectivity index (χ0) is 18.3. The third-order valence-electron chi connectivity index (χ3n) is 4.63. The minimum Gasteiger partial charge on any atom is -0.379 e. The van der Waals surface area contributed by atoms with Crippen molar-refractivity contribution in [3.8, 4) is 0 Å². The summed E-state index contributed by atoms with van der Waals surface area (Å²) in [5.74, 6) is 1.86. The zero-order valence-corrected chi connectivity index (χ0v) is 19.0. The molecule has 0 spiro atoms. The number of halogens is 1. The quantitative estimate of drug-likeness (QED) is 0.377. The maximum absolute atomic E-state index is 5.59. The summed E-state index contributed by atoms with van der Waals surface area (Å²) in [4.78, 5) is 11.2. The largest absolute Gasteiger partial charge is 0.379 e. The van der Waals surface area contributed by atoms with Crippen LogP contribution in [-0.2, 0) is 11.3 Å². The number of anilines is 1. The number of aliphatic imine (C=N–C) groups is 1. The summed E-state index contributed by atoms with van der Waals surface area (Å²) in [6.07, 6.45) is 4.53. The maximum Gasteiger partial charge on any atom is 0.191 e. The molecule has 1 aromatic heterocycles. The van der Waals surface area contributed by atoms with E-state index in [1.807, 2.05) is 12.3 Å². The van der Waals surface area contributed by atoms with E-state index in [1.54, 1.807) is 14.2 Å². The molecule has 1 unspecified atom stereocenters. The molecular formula is C19H34IN5O. The van der Waals surface area contributed by atoms with Crippen molar-refractivity contribution in [2.75, 3.05) is 38.7 Å². The van der Waals surface area contributed by atoms with E-state index in [-0.39, 0.29) is 35.5 Å². The molecule has 148 valence electrons. The fourth-order valence-electron chi connectivity index (χ4n) is 3.03. The maximum atomic E-state index is 5.59. The second-order valence-electron chi connectivity index (χ2n) is 7.61. The van der Waals surface area contributed by atoms with Gasteiger partial charge < -0.3 is 20.3 Å². The van der Waals surface area contributed by atoms with E-state index in [2.05, 4.69) is 52.3 Å². The van der Waals surface area contributed by atoms with Gasteiger partial charge in [0.15, 0.2) is 5.96 Å². The van der Waals surface area contributed by atoms with E-state index in [0.717, 1.165) is 38.0 Å². The number of hydrogen-bond donors (Lipinski definition) is 2. The van der Waals surface area contributed by atoms with Crippen LogP contribution in [0, 0.1) is 5.41 Å². The topological polar surface area (TPSA) is 61.8 Å². The van der Waals surface area contributed by atoms with Gasteiger partial charge in [-0.1, -0.05) is 20.8 Å². The number of rotatable bonds is 6. The number of aromatic nitrogens is 1. The normalized spacial score (nSPS) is 16.2. The monoisotopic (exact) mass is 475 g/mol. The number of nitrogens with zero attached hydrogens (tertiary/aromatic N) is 3. The van der Waals surface area contributed by atoms with Crippen molar-refractivity contribution in [2.24, 2.45) is 10.4 Å². The van der Waals surface area contributed by atoms with Gasteiger partial charge in [0.1, 0.15) is 5.82 Å². The third kappa shape index (κ3) is 6.90. The van der Waals surface area contributed by atoms with Crippen molar-refractivity contribution in [1.82, 2.24) is 15.6 Å². The van der Waals surface area contributed by atoms with Gasteiger partial charge in [-0.3, -0.25) is 4.99 Å². The van der Waals surface area contributed by atoms with Gasteiger partial charge in [-0.2, -0.15) is 0 Å². The van der Waals surface area contributed by atoms with Crippen molar-refractivity contribution >= 4 is 35.8 Å². The highest BCUT2D eigenvalue weighted by Crippen LogP contribution is 2.21. The van der Waals surface area contributed by atoms with E-state index >= 15 is 0 Å². The molecule has 0 bridgehead atoms. The van der Waals surface area contributed by atoms with Gasteiger partial charge in [-0.15, -0.1) is 24.0 Å². The Labute approximate surface area is 175 Å². The molecule has 2 heterocycles. The van der Waals surface area contributed by atoms with E-state index in [4.69, 9.17) is 4.74 Å². The highest BCUT2D eigenvalue weighted by atomic mass is 127. The molecule has 0 aliphatic carbocycles. The van der Waals surface area contributed by atoms with Crippen molar-refractivity contribution in [3.05, 3.63) is 23.9 Å². The van der Waals surface area contributed by atoms with Crippen LogP contribution < -0.4 is 15.5 Å². The SMILES string of the molecule is CN=C(NCc1ccnc(N2CCCC2)c1)NCC(OC)C(C)(C)C.I. The highest BCUT2D eigenvalue weighted by Gasteiger charge is 2.24. The van der Waals surface area contributed by atoms with Crippen molar-refractivity contribution in [3.63, 3.8) is 0 Å². The molecule has 1 aromatic rings. The number of methoxy groups -OCH3 is 1. The second-order valence-corrected chi connectivity index (χ2v) is 7.61. The van der Waals surface area contributed by atoms with Crippen molar-refractivity contribution < 1.29 is 4.74 Å². The summed E-state index contributed by atoms with van der Waals surface area (Å²) in [6.45, 7) is 10.2. The molecule has 7 heteroatoms. The van der Waals surface area contributed by atoms with Gasteiger partial charge in [-0.25, -0.2) is 4.98 Å². The van der Waals surface area contributed by atoms with Crippen LogP contribution in [0.15, 0.2) is 23.3 Å². The number of nitrogens with one attached hydrogen (secondary N) is 2. The molecule has 2 N–H and O–H groups in total. The Morgan fingerprint density at radius 2 is 2.00 bits per heavy atom. The van der Waals surface area contributed by atoms with Crippen LogP contribution in [0.1, 0.15) is 39.2 Å². The average molecular weight is 475 g/mol. The van der Waals surface area contributed by atoms with E-state index in [1.165, 1.54) is 18.4 Å². The predicted molar refractivity (Wildman–Crippen MR) is 120 cm³/mol. The summed E-state index contributed by atoms with van der Waals surface area (Å²) in [7, 11) is 3.54. The zero-order valence-electron chi connectivity index (χ0n) is 16.7. The van der Waals surface area contributed by atoms with Crippen molar-refractivity contribution in [1.29, 1.82) is 0 Å². The van der Waals surface area contributed by atoms with Crippen LogP contribution in [0.5, 0.6) is 0 Å². The Balaban J connectivity index is 0.00000338. The highest BCUT2D eigenvalue weighted by molar-refractivity contribution is 14.0. The lowest BCUT2D eigenvalue weighted by atomic mass is 9.89. The molecule has 1 aliphatic rings. The van der Waals surface area contributed by atoms with Gasteiger partial charge >= 0.3 is 0 Å². The molecule has 1 atom stereocenters. The number of guanidine groups is 1. The minimum absolute atomic E-state index is 0. The first-order chi connectivity index (χ1) is 11.9. The molecule has 0 saturated carbocycles. The third-order valence-corrected chi connectivity index (χ3v) is 4.63. The summed E-state index contributed by atoms with van der Waals surface area (Å²) in [6, 6.07) is 4.21. The predicted octanol–water partition coefficient (Wildman–Crippen LogP) is 3.03. The van der Waals surface area contributed by atoms with Gasteiger partial charge in [0.05, 0.1) is 6.10 Å².